The third-order valence-corrected chi connectivity index (χ3v) is 2.24. The van der Waals surface area contributed by atoms with E-state index in [1.807, 2.05) is 0 Å². The maximum absolute atomic E-state index is 11.2. The first-order valence-corrected chi connectivity index (χ1v) is 5.09. The summed E-state index contributed by atoms with van der Waals surface area (Å²) in [7, 11) is 0. The molecule has 0 atom stereocenters. The van der Waals surface area contributed by atoms with Gasteiger partial charge in [-0.05, 0) is 12.1 Å². The molecule has 2 aromatic rings. The Kier molecular flexibility index (Phi) is 2.99. The first-order chi connectivity index (χ1) is 7.34. The molecule has 0 spiro atoms. The third-order valence-electron chi connectivity index (χ3n) is 1.59. The summed E-state index contributed by atoms with van der Waals surface area (Å²) in [5.41, 5.74) is 1.59. The topological polar surface area (TPSA) is 64.4 Å². The van der Waals surface area contributed by atoms with Gasteiger partial charge in [0.15, 0.2) is 0 Å². The molecule has 0 unspecified atom stereocenters. The van der Waals surface area contributed by atoms with E-state index < -0.39 is 6.09 Å². The van der Waals surface area contributed by atoms with Crippen molar-refractivity contribution in [3.63, 3.8) is 0 Å². The number of carbonyl (C=O) groups is 1. The fourth-order valence-electron chi connectivity index (χ4n) is 0.954. The SMILES string of the molecule is O=C(NCc1ccco1)Oc1cncs1. The van der Waals surface area contributed by atoms with Crippen molar-refractivity contribution in [2.75, 3.05) is 0 Å². The molecular weight excluding hydrogens is 216 g/mol. The van der Waals surface area contributed by atoms with Crippen LogP contribution in [-0.4, -0.2) is 11.1 Å². The summed E-state index contributed by atoms with van der Waals surface area (Å²) in [4.78, 5) is 15.0. The Hall–Kier alpha value is -1.82. The minimum atomic E-state index is -0.518. The van der Waals surface area contributed by atoms with Crippen molar-refractivity contribution >= 4 is 17.4 Å². The Morgan fingerprint density at radius 1 is 1.67 bits per heavy atom. The average Bonchev–Trinajstić information content (AvgIpc) is 2.86. The number of amides is 1. The Bertz CT molecular complexity index is 411. The van der Waals surface area contributed by atoms with Crippen molar-refractivity contribution < 1.29 is 13.9 Å². The lowest BCUT2D eigenvalue weighted by molar-refractivity contribution is 0.200. The summed E-state index contributed by atoms with van der Waals surface area (Å²) >= 11 is 1.26. The molecule has 6 heteroatoms. The van der Waals surface area contributed by atoms with Crippen LogP contribution in [0.25, 0.3) is 0 Å². The van der Waals surface area contributed by atoms with E-state index in [1.54, 1.807) is 23.9 Å². The number of nitrogens with zero attached hydrogens (tertiary/aromatic N) is 1. The lowest BCUT2D eigenvalue weighted by Crippen LogP contribution is -2.25. The van der Waals surface area contributed by atoms with Crippen molar-refractivity contribution in [1.82, 2.24) is 10.3 Å². The fourth-order valence-corrected chi connectivity index (χ4v) is 1.43. The van der Waals surface area contributed by atoms with E-state index in [0.717, 1.165) is 0 Å². The van der Waals surface area contributed by atoms with Crippen molar-refractivity contribution in [1.29, 1.82) is 0 Å². The molecular formula is C9H8N2O3S. The zero-order valence-corrected chi connectivity index (χ0v) is 8.49. The van der Waals surface area contributed by atoms with E-state index in [2.05, 4.69) is 10.3 Å². The highest BCUT2D eigenvalue weighted by Crippen LogP contribution is 2.15. The number of furan rings is 1. The van der Waals surface area contributed by atoms with Crippen molar-refractivity contribution in [3.8, 4) is 5.06 Å². The van der Waals surface area contributed by atoms with Crippen LogP contribution < -0.4 is 10.1 Å². The van der Waals surface area contributed by atoms with Crippen LogP contribution in [0.1, 0.15) is 5.76 Å². The molecule has 0 aliphatic carbocycles. The molecule has 2 rings (SSSR count). The monoisotopic (exact) mass is 224 g/mol. The van der Waals surface area contributed by atoms with Crippen molar-refractivity contribution in [2.45, 2.75) is 6.54 Å². The van der Waals surface area contributed by atoms with E-state index in [1.165, 1.54) is 17.5 Å². The lowest BCUT2D eigenvalue weighted by atomic mass is 10.4. The maximum Gasteiger partial charge on any atom is 0.413 e. The molecule has 0 aliphatic heterocycles. The number of hydrogen-bond acceptors (Lipinski definition) is 5. The van der Waals surface area contributed by atoms with Crippen molar-refractivity contribution in [2.24, 2.45) is 0 Å². The van der Waals surface area contributed by atoms with E-state index >= 15 is 0 Å². The number of nitrogens with one attached hydrogen (secondary N) is 1. The van der Waals surface area contributed by atoms with Gasteiger partial charge < -0.3 is 14.5 Å². The largest absolute Gasteiger partial charge is 0.467 e. The number of aromatic nitrogens is 1. The highest BCUT2D eigenvalue weighted by atomic mass is 32.1. The second-order valence-electron chi connectivity index (χ2n) is 2.64. The summed E-state index contributed by atoms with van der Waals surface area (Å²) in [6.07, 6.45) is 2.51. The van der Waals surface area contributed by atoms with Gasteiger partial charge in [0.1, 0.15) is 5.76 Å². The van der Waals surface area contributed by atoms with Crippen LogP contribution >= 0.6 is 11.3 Å². The predicted octanol–water partition coefficient (Wildman–Crippen LogP) is 2.02. The van der Waals surface area contributed by atoms with Gasteiger partial charge in [0.25, 0.3) is 0 Å². The zero-order chi connectivity index (χ0) is 10.5. The molecule has 0 radical (unpaired) electrons. The van der Waals surface area contributed by atoms with Gasteiger partial charge in [-0.1, -0.05) is 11.3 Å². The molecule has 1 amide bonds. The maximum atomic E-state index is 11.2. The molecule has 2 heterocycles. The average molecular weight is 224 g/mol. The third kappa shape index (κ3) is 2.81. The van der Waals surface area contributed by atoms with Crippen LogP contribution in [-0.2, 0) is 6.54 Å². The van der Waals surface area contributed by atoms with E-state index in [9.17, 15) is 4.79 Å². The molecule has 15 heavy (non-hydrogen) atoms. The highest BCUT2D eigenvalue weighted by Gasteiger charge is 2.05. The normalized spacial score (nSPS) is 9.87. The van der Waals surface area contributed by atoms with Gasteiger partial charge in [-0.3, -0.25) is 0 Å². The Morgan fingerprint density at radius 2 is 2.60 bits per heavy atom. The van der Waals surface area contributed by atoms with Crippen molar-refractivity contribution in [3.05, 3.63) is 35.9 Å². The van der Waals surface area contributed by atoms with Gasteiger partial charge in [-0.2, -0.15) is 0 Å². The van der Waals surface area contributed by atoms with Crippen LogP contribution in [0.3, 0.4) is 0 Å². The van der Waals surface area contributed by atoms with Gasteiger partial charge in [-0.15, -0.1) is 0 Å². The molecule has 0 aromatic carbocycles. The molecule has 0 aliphatic rings. The zero-order valence-electron chi connectivity index (χ0n) is 7.67. The summed E-state index contributed by atoms with van der Waals surface area (Å²) in [5.74, 6) is 0.677. The lowest BCUT2D eigenvalue weighted by Gasteiger charge is -2.01. The summed E-state index contributed by atoms with van der Waals surface area (Å²) < 4.78 is 9.96. The van der Waals surface area contributed by atoms with Gasteiger partial charge in [-0.25, -0.2) is 9.78 Å². The molecule has 0 saturated heterocycles. The Labute approximate surface area is 89.7 Å². The van der Waals surface area contributed by atoms with Crippen LogP contribution in [0.4, 0.5) is 4.79 Å². The number of hydrogen-bond donors (Lipinski definition) is 1. The van der Waals surface area contributed by atoms with E-state index in [0.29, 0.717) is 17.4 Å². The van der Waals surface area contributed by atoms with Crippen LogP contribution in [0.5, 0.6) is 5.06 Å². The molecule has 0 bridgehead atoms. The first-order valence-electron chi connectivity index (χ1n) is 4.21. The smallest absolute Gasteiger partial charge is 0.413 e. The minimum absolute atomic E-state index is 0.310. The second kappa shape index (κ2) is 4.61. The summed E-state index contributed by atoms with van der Waals surface area (Å²) in [6, 6.07) is 3.53. The van der Waals surface area contributed by atoms with Gasteiger partial charge in [0.2, 0.25) is 5.06 Å². The van der Waals surface area contributed by atoms with E-state index in [4.69, 9.17) is 9.15 Å². The standard InChI is InChI=1S/C9H8N2O3S/c12-9(14-8-5-10-6-15-8)11-4-7-2-1-3-13-7/h1-3,5-6H,4H2,(H,11,12). The molecule has 0 saturated carbocycles. The van der Waals surface area contributed by atoms with E-state index in [-0.39, 0.29) is 0 Å². The van der Waals surface area contributed by atoms with Gasteiger partial charge in [0.05, 0.1) is 24.5 Å². The molecule has 1 N–H and O–H groups in total. The summed E-state index contributed by atoms with van der Waals surface area (Å²) in [6.45, 7) is 0.310. The fraction of sp³-hybridized carbons (Fsp3) is 0.111. The number of thiazole rings is 1. The van der Waals surface area contributed by atoms with Crippen LogP contribution in [0.2, 0.25) is 0 Å². The molecule has 5 nitrogen and oxygen atoms in total. The molecule has 0 fully saturated rings. The number of ether oxygens (including phenoxy) is 1. The quantitative estimate of drug-likeness (QED) is 0.866. The second-order valence-corrected chi connectivity index (χ2v) is 3.49. The Balaban J connectivity index is 1.78. The number of rotatable bonds is 3. The van der Waals surface area contributed by atoms with Gasteiger partial charge in [0, 0.05) is 0 Å². The molecule has 78 valence electrons. The Morgan fingerprint density at radius 3 is 3.27 bits per heavy atom. The minimum Gasteiger partial charge on any atom is -0.467 e. The van der Waals surface area contributed by atoms with Gasteiger partial charge >= 0.3 is 6.09 Å². The summed E-state index contributed by atoms with van der Waals surface area (Å²) in [5, 5.41) is 3.01. The highest BCUT2D eigenvalue weighted by molar-refractivity contribution is 7.11. The first kappa shape index (κ1) is 9.72. The van der Waals surface area contributed by atoms with Crippen LogP contribution in [0, 0.1) is 0 Å². The predicted molar refractivity (Wildman–Crippen MR) is 53.7 cm³/mol. The number of carbonyl (C=O) groups excluding carboxylic acids is 1. The molecule has 2 aromatic heterocycles. The van der Waals surface area contributed by atoms with Crippen LogP contribution in [0.15, 0.2) is 34.5 Å².